The van der Waals surface area contributed by atoms with Crippen molar-refractivity contribution in [1.82, 2.24) is 4.72 Å². The van der Waals surface area contributed by atoms with Crippen LogP contribution in [0.2, 0.25) is 0 Å². The molecule has 2 aromatic carbocycles. The van der Waals surface area contributed by atoms with E-state index in [-0.39, 0.29) is 18.0 Å². The molecule has 1 aliphatic rings. The highest BCUT2D eigenvalue weighted by molar-refractivity contribution is 7.92. The Labute approximate surface area is 140 Å². The third-order valence-corrected chi connectivity index (χ3v) is 5.33. The number of aromatic hydroxyl groups is 1. The molecule has 0 atom stereocenters. The van der Waals surface area contributed by atoms with Crippen LogP contribution in [0.25, 0.3) is 0 Å². The van der Waals surface area contributed by atoms with Crippen molar-refractivity contribution in [2.45, 2.75) is 19.8 Å². The molecule has 2 aromatic rings. The second-order valence-electron chi connectivity index (χ2n) is 5.71. The highest BCUT2D eigenvalue weighted by atomic mass is 32.2. The van der Waals surface area contributed by atoms with Crippen LogP contribution in [0.4, 0.5) is 5.69 Å². The lowest BCUT2D eigenvalue weighted by atomic mass is 10.0. The van der Waals surface area contributed by atoms with Crippen molar-refractivity contribution in [2.24, 2.45) is 0 Å². The van der Waals surface area contributed by atoms with Crippen molar-refractivity contribution >= 4 is 21.8 Å². The number of anilines is 1. The molecule has 1 heterocycles. The average Bonchev–Trinajstić information content (AvgIpc) is 2.80. The van der Waals surface area contributed by atoms with E-state index in [0.29, 0.717) is 6.42 Å². The summed E-state index contributed by atoms with van der Waals surface area (Å²) in [5, 5.41) is 10.2. The number of amides is 1. The molecule has 0 unspecified atom stereocenters. The van der Waals surface area contributed by atoms with Gasteiger partial charge < -0.3 is 5.11 Å². The smallest absolute Gasteiger partial charge is 0.326 e. The predicted molar refractivity (Wildman–Crippen MR) is 91.1 cm³/mol. The van der Waals surface area contributed by atoms with Gasteiger partial charge in [-0.2, -0.15) is 8.42 Å². The monoisotopic (exact) mass is 346 g/mol. The molecule has 0 saturated carbocycles. The third-order valence-electron chi connectivity index (χ3n) is 3.94. The van der Waals surface area contributed by atoms with E-state index in [1.807, 2.05) is 16.9 Å². The maximum absolute atomic E-state index is 11.9. The normalized spacial score (nSPS) is 16.2. The van der Waals surface area contributed by atoms with E-state index < -0.39 is 16.1 Å². The molecule has 24 heavy (non-hydrogen) atoms. The third kappa shape index (κ3) is 3.21. The molecule has 1 fully saturated rings. The maximum Gasteiger partial charge on any atom is 0.326 e. The lowest BCUT2D eigenvalue weighted by Crippen LogP contribution is -2.29. The van der Waals surface area contributed by atoms with E-state index in [9.17, 15) is 18.3 Å². The summed E-state index contributed by atoms with van der Waals surface area (Å²) in [5.41, 5.74) is 3.31. The molecule has 7 heteroatoms. The average molecular weight is 346 g/mol. The Morgan fingerprint density at radius 1 is 1.12 bits per heavy atom. The van der Waals surface area contributed by atoms with Crippen LogP contribution < -0.4 is 9.03 Å². The first-order valence-corrected chi connectivity index (χ1v) is 9.06. The number of aryl methyl sites for hydroxylation is 1. The fourth-order valence-electron chi connectivity index (χ4n) is 2.75. The largest absolute Gasteiger partial charge is 0.506 e. The molecule has 6 nitrogen and oxygen atoms in total. The highest BCUT2D eigenvalue weighted by Gasteiger charge is 2.35. The first kappa shape index (κ1) is 16.3. The SMILES string of the molecule is CCc1cccc(Cc2ccc(N3CC(=O)NS3(=O)=O)c(O)c2)c1. The Morgan fingerprint density at radius 3 is 2.46 bits per heavy atom. The van der Waals surface area contributed by atoms with Gasteiger partial charge in [-0.25, -0.2) is 9.03 Å². The van der Waals surface area contributed by atoms with E-state index in [1.165, 1.54) is 17.7 Å². The number of phenolic OH excluding ortho intramolecular Hbond substituents is 1. The summed E-state index contributed by atoms with van der Waals surface area (Å²) in [6, 6.07) is 13.0. The molecular formula is C17H18N2O4S. The van der Waals surface area contributed by atoms with Gasteiger partial charge >= 0.3 is 10.2 Å². The van der Waals surface area contributed by atoms with Crippen LogP contribution in [-0.4, -0.2) is 26.0 Å². The summed E-state index contributed by atoms with van der Waals surface area (Å²) in [5.74, 6) is -0.783. The van der Waals surface area contributed by atoms with Crippen LogP contribution in [-0.2, 0) is 27.8 Å². The molecule has 0 spiro atoms. The minimum Gasteiger partial charge on any atom is -0.506 e. The first-order chi connectivity index (χ1) is 11.4. The minimum atomic E-state index is -3.92. The summed E-state index contributed by atoms with van der Waals surface area (Å²) < 4.78 is 26.5. The molecule has 1 amide bonds. The van der Waals surface area contributed by atoms with Gasteiger partial charge in [0.05, 0.1) is 5.69 Å². The quantitative estimate of drug-likeness (QED) is 0.883. The highest BCUT2D eigenvalue weighted by Crippen LogP contribution is 2.32. The van der Waals surface area contributed by atoms with Crippen LogP contribution >= 0.6 is 0 Å². The number of nitrogens with zero attached hydrogens (tertiary/aromatic N) is 1. The topological polar surface area (TPSA) is 86.7 Å². The molecule has 2 N–H and O–H groups in total. The van der Waals surface area contributed by atoms with Gasteiger partial charge in [-0.05, 0) is 41.7 Å². The fraction of sp³-hybridized carbons (Fsp3) is 0.235. The minimum absolute atomic E-state index is 0.0967. The Hall–Kier alpha value is -2.54. The molecule has 0 radical (unpaired) electrons. The van der Waals surface area contributed by atoms with Gasteiger partial charge in [0.15, 0.2) is 0 Å². The molecule has 126 valence electrons. The lowest BCUT2D eigenvalue weighted by molar-refractivity contribution is -0.117. The fourth-order valence-corrected chi connectivity index (χ4v) is 3.91. The zero-order valence-electron chi connectivity index (χ0n) is 13.2. The number of hydrogen-bond acceptors (Lipinski definition) is 4. The Morgan fingerprint density at radius 2 is 1.83 bits per heavy atom. The zero-order valence-corrected chi connectivity index (χ0v) is 14.0. The van der Waals surface area contributed by atoms with Crippen molar-refractivity contribution in [1.29, 1.82) is 0 Å². The maximum atomic E-state index is 11.9. The molecule has 1 aliphatic heterocycles. The number of carbonyl (C=O) groups excluding carboxylic acids is 1. The summed E-state index contributed by atoms with van der Waals surface area (Å²) in [7, 11) is -3.92. The van der Waals surface area contributed by atoms with E-state index in [0.717, 1.165) is 21.9 Å². The van der Waals surface area contributed by atoms with Gasteiger partial charge in [-0.15, -0.1) is 0 Å². The number of benzene rings is 2. The zero-order chi connectivity index (χ0) is 17.3. The molecule has 3 rings (SSSR count). The van der Waals surface area contributed by atoms with Crippen LogP contribution in [0.1, 0.15) is 23.6 Å². The molecule has 1 saturated heterocycles. The number of hydrogen-bond donors (Lipinski definition) is 2. The van der Waals surface area contributed by atoms with E-state index in [2.05, 4.69) is 19.1 Å². The van der Waals surface area contributed by atoms with Crippen molar-refractivity contribution in [2.75, 3.05) is 10.8 Å². The summed E-state index contributed by atoms with van der Waals surface area (Å²) in [4.78, 5) is 11.3. The van der Waals surface area contributed by atoms with Crippen molar-refractivity contribution < 1.29 is 18.3 Å². The summed E-state index contributed by atoms with van der Waals surface area (Å²) in [6.07, 6.45) is 1.58. The number of nitrogens with one attached hydrogen (secondary N) is 1. The van der Waals surface area contributed by atoms with E-state index in [4.69, 9.17) is 0 Å². The van der Waals surface area contributed by atoms with Gasteiger partial charge in [0.1, 0.15) is 12.3 Å². The Bertz CT molecular complexity index is 893. The van der Waals surface area contributed by atoms with Gasteiger partial charge in [-0.1, -0.05) is 37.3 Å². The Kier molecular flexibility index (Phi) is 4.19. The van der Waals surface area contributed by atoms with Gasteiger partial charge in [0, 0.05) is 0 Å². The molecule has 0 aromatic heterocycles. The number of rotatable bonds is 4. The van der Waals surface area contributed by atoms with Crippen LogP contribution in [0, 0.1) is 0 Å². The van der Waals surface area contributed by atoms with Crippen LogP contribution in [0.3, 0.4) is 0 Å². The Balaban J connectivity index is 1.86. The predicted octanol–water partition coefficient (Wildman–Crippen LogP) is 1.73. The lowest BCUT2D eigenvalue weighted by Gasteiger charge is -2.16. The van der Waals surface area contributed by atoms with Crippen LogP contribution in [0.15, 0.2) is 42.5 Å². The molecule has 0 bridgehead atoms. The summed E-state index contributed by atoms with van der Waals surface area (Å²) >= 11 is 0. The molecule has 0 aliphatic carbocycles. The van der Waals surface area contributed by atoms with Gasteiger partial charge in [-0.3, -0.25) is 4.79 Å². The second kappa shape index (κ2) is 6.16. The second-order valence-corrected chi connectivity index (χ2v) is 7.31. The van der Waals surface area contributed by atoms with E-state index >= 15 is 0 Å². The standard InChI is InChI=1S/C17H18N2O4S/c1-2-12-4-3-5-13(8-12)9-14-6-7-15(16(20)10-14)19-11-17(21)18-24(19,22)23/h3-8,10,20H,2,9,11H2,1H3,(H,18,21). The summed E-state index contributed by atoms with van der Waals surface area (Å²) in [6.45, 7) is 1.76. The van der Waals surface area contributed by atoms with E-state index in [1.54, 1.807) is 6.07 Å². The van der Waals surface area contributed by atoms with Gasteiger partial charge in [0.2, 0.25) is 0 Å². The van der Waals surface area contributed by atoms with Crippen LogP contribution in [0.5, 0.6) is 5.75 Å². The number of carbonyl (C=O) groups is 1. The van der Waals surface area contributed by atoms with Crippen molar-refractivity contribution in [3.05, 3.63) is 59.2 Å². The van der Waals surface area contributed by atoms with Crippen molar-refractivity contribution in [3.8, 4) is 5.75 Å². The van der Waals surface area contributed by atoms with Gasteiger partial charge in [0.25, 0.3) is 5.91 Å². The first-order valence-electron chi connectivity index (χ1n) is 7.62. The molecular weight excluding hydrogens is 328 g/mol. The van der Waals surface area contributed by atoms with Crippen molar-refractivity contribution in [3.63, 3.8) is 0 Å². The number of phenols is 1.